The number of nitrogens with zero attached hydrogens (tertiary/aromatic N) is 1. The van der Waals surface area contributed by atoms with E-state index in [1.54, 1.807) is 11.8 Å². The maximum absolute atomic E-state index is 12.5. The average molecular weight is 270 g/mol. The molecule has 1 aliphatic heterocycles. The van der Waals surface area contributed by atoms with E-state index in [0.29, 0.717) is 0 Å². The number of piperazine rings is 1. The first-order valence-corrected chi connectivity index (χ1v) is 7.01. The quantitative estimate of drug-likeness (QED) is 0.833. The second-order valence-electron chi connectivity index (χ2n) is 5.39. The van der Waals surface area contributed by atoms with Crippen molar-refractivity contribution >= 4 is 11.8 Å². The number of benzene rings is 1. The van der Waals surface area contributed by atoms with Crippen molar-refractivity contribution in [2.45, 2.75) is 37.9 Å². The molecule has 0 radical (unpaired) electrons. The van der Waals surface area contributed by atoms with Crippen molar-refractivity contribution < 1.29 is 9.59 Å². The normalized spacial score (nSPS) is 26.9. The first-order valence-electron chi connectivity index (χ1n) is 7.01. The molecule has 0 bridgehead atoms. The van der Waals surface area contributed by atoms with Gasteiger partial charge in [0.2, 0.25) is 11.8 Å². The summed E-state index contributed by atoms with van der Waals surface area (Å²) in [6.45, 7) is 1.75. The van der Waals surface area contributed by atoms with Gasteiger partial charge in [0.1, 0.15) is 12.1 Å². The molecule has 2 aliphatic rings. The molecule has 0 saturated carbocycles. The van der Waals surface area contributed by atoms with Crippen LogP contribution in [-0.2, 0) is 9.59 Å². The molecular weight excluding hydrogens is 252 g/mol. The van der Waals surface area contributed by atoms with Gasteiger partial charge in [0.05, 0.1) is 0 Å². The number of amides is 2. The van der Waals surface area contributed by atoms with Crippen molar-refractivity contribution in [2.24, 2.45) is 0 Å². The van der Waals surface area contributed by atoms with Crippen LogP contribution in [0.25, 0.3) is 0 Å². The van der Waals surface area contributed by atoms with Gasteiger partial charge in [-0.15, -0.1) is 0 Å². The SMILES string of the molecule is CC1NC(=O)C(c2ccccc2)N(C2CC=CC2)C1=O. The van der Waals surface area contributed by atoms with E-state index >= 15 is 0 Å². The van der Waals surface area contributed by atoms with Crippen LogP contribution < -0.4 is 5.32 Å². The molecule has 1 aromatic rings. The van der Waals surface area contributed by atoms with E-state index in [2.05, 4.69) is 17.5 Å². The highest BCUT2D eigenvalue weighted by Gasteiger charge is 2.42. The third-order valence-electron chi connectivity index (χ3n) is 4.00. The zero-order valence-corrected chi connectivity index (χ0v) is 11.5. The summed E-state index contributed by atoms with van der Waals surface area (Å²) in [6, 6.07) is 8.67. The van der Waals surface area contributed by atoms with Crippen molar-refractivity contribution in [3.8, 4) is 0 Å². The molecule has 1 aliphatic carbocycles. The van der Waals surface area contributed by atoms with Gasteiger partial charge in [-0.25, -0.2) is 0 Å². The third kappa shape index (κ3) is 2.11. The van der Waals surface area contributed by atoms with E-state index in [-0.39, 0.29) is 17.9 Å². The Morgan fingerprint density at radius 1 is 1.10 bits per heavy atom. The van der Waals surface area contributed by atoms with Crippen LogP contribution in [0, 0.1) is 0 Å². The molecule has 4 heteroatoms. The van der Waals surface area contributed by atoms with Gasteiger partial charge in [-0.3, -0.25) is 9.59 Å². The standard InChI is InChI=1S/C16H18N2O2/c1-11-16(20)18(13-9-5-6-10-13)14(15(19)17-11)12-7-3-2-4-8-12/h2-8,11,13-14H,9-10H2,1H3,(H,17,19). The van der Waals surface area contributed by atoms with Crippen molar-refractivity contribution in [2.75, 3.05) is 0 Å². The molecule has 0 aromatic heterocycles. The summed E-state index contributed by atoms with van der Waals surface area (Å²) in [5.74, 6) is -0.0812. The number of hydrogen-bond donors (Lipinski definition) is 1. The van der Waals surface area contributed by atoms with Gasteiger partial charge >= 0.3 is 0 Å². The number of rotatable bonds is 2. The molecule has 2 amide bonds. The fourth-order valence-corrected chi connectivity index (χ4v) is 3.00. The summed E-state index contributed by atoms with van der Waals surface area (Å²) >= 11 is 0. The zero-order valence-electron chi connectivity index (χ0n) is 11.5. The molecule has 2 unspecified atom stereocenters. The molecule has 3 rings (SSSR count). The zero-order chi connectivity index (χ0) is 14.1. The van der Waals surface area contributed by atoms with E-state index in [4.69, 9.17) is 0 Å². The molecular formula is C16H18N2O2. The second kappa shape index (κ2) is 5.12. The lowest BCUT2D eigenvalue weighted by atomic mass is 9.97. The molecule has 20 heavy (non-hydrogen) atoms. The lowest BCUT2D eigenvalue weighted by Gasteiger charge is -2.41. The predicted octanol–water partition coefficient (Wildman–Crippen LogP) is 1.79. The topological polar surface area (TPSA) is 49.4 Å². The Labute approximate surface area is 118 Å². The minimum absolute atomic E-state index is 0.00662. The van der Waals surface area contributed by atoms with Crippen LogP contribution in [0.15, 0.2) is 42.5 Å². The molecule has 1 saturated heterocycles. The Morgan fingerprint density at radius 3 is 2.40 bits per heavy atom. The van der Waals surface area contributed by atoms with Crippen LogP contribution in [0.3, 0.4) is 0 Å². The van der Waals surface area contributed by atoms with Gasteiger partial charge in [-0.1, -0.05) is 42.5 Å². The molecule has 1 N–H and O–H groups in total. The lowest BCUT2D eigenvalue weighted by Crippen LogP contribution is -2.60. The largest absolute Gasteiger partial charge is 0.342 e. The van der Waals surface area contributed by atoms with Gasteiger partial charge in [0.25, 0.3) is 0 Å². The maximum Gasteiger partial charge on any atom is 0.248 e. The van der Waals surface area contributed by atoms with Crippen LogP contribution in [-0.4, -0.2) is 28.8 Å². The lowest BCUT2D eigenvalue weighted by molar-refractivity contribution is -0.151. The molecule has 0 spiro atoms. The van der Waals surface area contributed by atoms with Gasteiger partial charge in [-0.2, -0.15) is 0 Å². The van der Waals surface area contributed by atoms with Gasteiger partial charge in [0.15, 0.2) is 0 Å². The van der Waals surface area contributed by atoms with E-state index in [1.807, 2.05) is 30.3 Å². The fourth-order valence-electron chi connectivity index (χ4n) is 3.00. The first kappa shape index (κ1) is 12.9. The van der Waals surface area contributed by atoms with Crippen LogP contribution in [0.2, 0.25) is 0 Å². The summed E-state index contributed by atoms with van der Waals surface area (Å²) in [5, 5.41) is 2.78. The maximum atomic E-state index is 12.5. The monoisotopic (exact) mass is 270 g/mol. The van der Waals surface area contributed by atoms with Gasteiger partial charge < -0.3 is 10.2 Å². The molecule has 1 fully saturated rings. The van der Waals surface area contributed by atoms with Crippen molar-refractivity contribution in [3.05, 3.63) is 48.0 Å². The summed E-state index contributed by atoms with van der Waals surface area (Å²) in [4.78, 5) is 26.7. The smallest absolute Gasteiger partial charge is 0.248 e. The summed E-state index contributed by atoms with van der Waals surface area (Å²) in [6.07, 6.45) is 5.82. The average Bonchev–Trinajstić information content (AvgIpc) is 2.97. The summed E-state index contributed by atoms with van der Waals surface area (Å²) in [7, 11) is 0. The summed E-state index contributed by atoms with van der Waals surface area (Å²) in [5.41, 5.74) is 0.872. The predicted molar refractivity (Wildman–Crippen MR) is 75.8 cm³/mol. The Balaban J connectivity index is 1.98. The highest BCUT2D eigenvalue weighted by Crippen LogP contribution is 2.31. The Morgan fingerprint density at radius 2 is 1.75 bits per heavy atom. The summed E-state index contributed by atoms with van der Waals surface area (Å²) < 4.78 is 0. The van der Waals surface area contributed by atoms with Crippen molar-refractivity contribution in [1.82, 2.24) is 10.2 Å². The minimum Gasteiger partial charge on any atom is -0.342 e. The highest BCUT2D eigenvalue weighted by atomic mass is 16.2. The minimum atomic E-state index is -0.509. The Kier molecular flexibility index (Phi) is 3.30. The Hall–Kier alpha value is -2.10. The highest BCUT2D eigenvalue weighted by molar-refractivity contribution is 5.97. The molecule has 2 atom stereocenters. The number of carbonyl (C=O) groups excluding carboxylic acids is 2. The van der Waals surface area contributed by atoms with E-state index in [9.17, 15) is 9.59 Å². The number of carbonyl (C=O) groups is 2. The van der Waals surface area contributed by atoms with Crippen LogP contribution in [0.4, 0.5) is 0 Å². The first-order chi connectivity index (χ1) is 9.68. The van der Waals surface area contributed by atoms with Crippen LogP contribution in [0.5, 0.6) is 0 Å². The Bertz CT molecular complexity index is 545. The molecule has 104 valence electrons. The van der Waals surface area contributed by atoms with E-state index in [0.717, 1.165) is 18.4 Å². The van der Waals surface area contributed by atoms with E-state index in [1.165, 1.54) is 0 Å². The molecule has 4 nitrogen and oxygen atoms in total. The number of hydrogen-bond acceptors (Lipinski definition) is 2. The second-order valence-corrected chi connectivity index (χ2v) is 5.39. The molecule has 1 aromatic carbocycles. The third-order valence-corrected chi connectivity index (χ3v) is 4.00. The van der Waals surface area contributed by atoms with E-state index < -0.39 is 12.1 Å². The van der Waals surface area contributed by atoms with Gasteiger partial charge in [0, 0.05) is 6.04 Å². The van der Waals surface area contributed by atoms with Crippen molar-refractivity contribution in [3.63, 3.8) is 0 Å². The van der Waals surface area contributed by atoms with Crippen LogP contribution >= 0.6 is 0 Å². The van der Waals surface area contributed by atoms with Crippen LogP contribution in [0.1, 0.15) is 31.4 Å². The van der Waals surface area contributed by atoms with Crippen molar-refractivity contribution in [1.29, 1.82) is 0 Å². The fraction of sp³-hybridized carbons (Fsp3) is 0.375. The molecule has 1 heterocycles. The number of nitrogens with one attached hydrogen (secondary N) is 1. The van der Waals surface area contributed by atoms with Gasteiger partial charge in [-0.05, 0) is 25.3 Å².